The number of thioether (sulfide) groups is 1. The minimum Gasteiger partial charge on any atom is -0.508 e. The molecule has 3 amide bonds. The Labute approximate surface area is 209 Å². The van der Waals surface area contributed by atoms with Gasteiger partial charge >= 0.3 is 5.97 Å². The van der Waals surface area contributed by atoms with Crippen molar-refractivity contribution in [3.63, 3.8) is 0 Å². The smallest absolute Gasteiger partial charge is 0.326 e. The number of nitrogens with zero attached hydrogens (tertiary/aromatic N) is 1. The normalized spacial score (nSPS) is 21.3. The first-order chi connectivity index (χ1) is 16.8. The monoisotopic (exact) mass is 506 g/mol. The summed E-state index contributed by atoms with van der Waals surface area (Å²) in [5.41, 5.74) is 0.736. The number of hydrogen-bond donors (Lipinski definition) is 5. The molecule has 10 nitrogen and oxygen atoms in total. The number of carbonyl (C=O) groups excluding carboxylic acids is 3. The fourth-order valence-corrected chi connectivity index (χ4v) is 4.98. The number of carboxylic acids is 1. The van der Waals surface area contributed by atoms with Gasteiger partial charge in [-0.05, 0) is 68.4 Å². The van der Waals surface area contributed by atoms with Crippen molar-refractivity contribution in [2.75, 3.05) is 25.1 Å². The molecule has 2 aliphatic rings. The van der Waals surface area contributed by atoms with E-state index in [1.165, 1.54) is 28.8 Å². The molecule has 2 aliphatic heterocycles. The molecule has 0 spiro atoms. The number of aliphatic carboxylic acids is 1. The highest BCUT2D eigenvalue weighted by Gasteiger charge is 2.38. The van der Waals surface area contributed by atoms with Gasteiger partial charge in [0.05, 0.1) is 6.04 Å². The maximum absolute atomic E-state index is 13.4. The van der Waals surface area contributed by atoms with Gasteiger partial charge in [0.2, 0.25) is 17.7 Å². The van der Waals surface area contributed by atoms with Crippen LogP contribution in [0.2, 0.25) is 0 Å². The van der Waals surface area contributed by atoms with Crippen LogP contribution in [0.15, 0.2) is 24.3 Å². The first kappa shape index (κ1) is 26.8. The van der Waals surface area contributed by atoms with Crippen LogP contribution >= 0.6 is 11.8 Å². The van der Waals surface area contributed by atoms with E-state index in [4.69, 9.17) is 0 Å². The van der Waals surface area contributed by atoms with Crippen LogP contribution in [0.4, 0.5) is 0 Å². The summed E-state index contributed by atoms with van der Waals surface area (Å²) in [7, 11) is 0. The molecule has 11 heteroatoms. The molecular formula is C24H34N4O6S. The van der Waals surface area contributed by atoms with Crippen LogP contribution in [0.5, 0.6) is 5.75 Å². The highest BCUT2D eigenvalue weighted by atomic mass is 32.2. The van der Waals surface area contributed by atoms with Gasteiger partial charge in [-0.15, -0.1) is 0 Å². The Kier molecular flexibility index (Phi) is 9.79. The molecule has 2 fully saturated rings. The molecule has 35 heavy (non-hydrogen) atoms. The van der Waals surface area contributed by atoms with Crippen LogP contribution in [-0.2, 0) is 25.6 Å². The summed E-state index contributed by atoms with van der Waals surface area (Å²) in [5, 5.41) is 27.8. The van der Waals surface area contributed by atoms with Crippen molar-refractivity contribution >= 4 is 35.5 Å². The number of phenols is 1. The lowest BCUT2D eigenvalue weighted by Crippen LogP contribution is -2.57. The third kappa shape index (κ3) is 7.35. The lowest BCUT2D eigenvalue weighted by Gasteiger charge is -2.29. The molecular weight excluding hydrogens is 472 g/mol. The van der Waals surface area contributed by atoms with Crippen LogP contribution in [-0.4, -0.2) is 88.1 Å². The molecule has 2 heterocycles. The van der Waals surface area contributed by atoms with Crippen molar-refractivity contribution in [2.24, 2.45) is 0 Å². The summed E-state index contributed by atoms with van der Waals surface area (Å²) in [6.07, 6.45) is 4.95. The largest absolute Gasteiger partial charge is 0.508 e. The van der Waals surface area contributed by atoms with E-state index in [9.17, 15) is 29.4 Å². The molecule has 4 atom stereocenters. The molecule has 0 aliphatic carbocycles. The van der Waals surface area contributed by atoms with Gasteiger partial charge in [-0.3, -0.25) is 14.4 Å². The van der Waals surface area contributed by atoms with E-state index < -0.39 is 35.9 Å². The van der Waals surface area contributed by atoms with Crippen LogP contribution in [0.25, 0.3) is 0 Å². The fraction of sp³-hybridized carbons (Fsp3) is 0.583. The number of amides is 3. The van der Waals surface area contributed by atoms with E-state index in [0.717, 1.165) is 18.5 Å². The Bertz CT molecular complexity index is 906. The Morgan fingerprint density at radius 2 is 1.86 bits per heavy atom. The van der Waals surface area contributed by atoms with Crippen molar-refractivity contribution < 1.29 is 29.4 Å². The van der Waals surface area contributed by atoms with Crippen molar-refractivity contribution in [1.29, 1.82) is 0 Å². The number of benzene rings is 1. The molecule has 192 valence electrons. The molecule has 2 saturated heterocycles. The number of hydrogen-bond acceptors (Lipinski definition) is 7. The number of carboxylic acid groups (broad SMARTS) is 1. The zero-order chi connectivity index (χ0) is 25.4. The second kappa shape index (κ2) is 12.8. The minimum absolute atomic E-state index is 0.0928. The van der Waals surface area contributed by atoms with Gasteiger partial charge < -0.3 is 31.1 Å². The van der Waals surface area contributed by atoms with E-state index in [1.807, 2.05) is 6.26 Å². The van der Waals surface area contributed by atoms with Crippen LogP contribution in [0, 0.1) is 0 Å². The number of phenolic OH excluding ortho intramolecular Hbond substituents is 1. The van der Waals surface area contributed by atoms with Gasteiger partial charge in [0.1, 0.15) is 23.9 Å². The Morgan fingerprint density at radius 1 is 1.11 bits per heavy atom. The van der Waals surface area contributed by atoms with Crippen LogP contribution in [0.1, 0.15) is 37.7 Å². The summed E-state index contributed by atoms with van der Waals surface area (Å²) in [6, 6.07) is 3.27. The zero-order valence-electron chi connectivity index (χ0n) is 19.9. The fourth-order valence-electron chi connectivity index (χ4n) is 4.51. The predicted molar refractivity (Wildman–Crippen MR) is 132 cm³/mol. The Balaban J connectivity index is 1.76. The van der Waals surface area contributed by atoms with Gasteiger partial charge in [-0.1, -0.05) is 12.1 Å². The van der Waals surface area contributed by atoms with Gasteiger partial charge in [0.25, 0.3) is 0 Å². The maximum atomic E-state index is 13.4. The number of carbonyl (C=O) groups is 4. The third-order valence-corrected chi connectivity index (χ3v) is 7.08. The van der Waals surface area contributed by atoms with E-state index >= 15 is 0 Å². The maximum Gasteiger partial charge on any atom is 0.326 e. The summed E-state index contributed by atoms with van der Waals surface area (Å²) >= 11 is 1.52. The number of nitrogens with one attached hydrogen (secondary N) is 3. The van der Waals surface area contributed by atoms with Crippen molar-refractivity contribution in [1.82, 2.24) is 20.9 Å². The molecule has 0 aromatic heterocycles. The van der Waals surface area contributed by atoms with Gasteiger partial charge in [0.15, 0.2) is 0 Å². The Morgan fingerprint density at radius 3 is 2.49 bits per heavy atom. The Hall–Kier alpha value is -2.79. The SMILES string of the molecule is CSCCC(NC(=O)C(Cc1ccc(O)cc1)NC(=O)C1CCCN1)C(=O)N1CCCC1C(=O)O. The first-order valence-corrected chi connectivity index (χ1v) is 13.3. The summed E-state index contributed by atoms with van der Waals surface area (Å²) in [6.45, 7) is 1.07. The van der Waals surface area contributed by atoms with Crippen molar-refractivity contribution in [2.45, 2.75) is 62.7 Å². The van der Waals surface area contributed by atoms with Crippen molar-refractivity contribution in [3.05, 3.63) is 29.8 Å². The van der Waals surface area contributed by atoms with E-state index in [-0.39, 0.29) is 24.1 Å². The van der Waals surface area contributed by atoms with E-state index in [0.29, 0.717) is 38.0 Å². The molecule has 1 aromatic rings. The topological polar surface area (TPSA) is 148 Å². The van der Waals surface area contributed by atoms with Gasteiger partial charge in [-0.25, -0.2) is 4.79 Å². The zero-order valence-corrected chi connectivity index (χ0v) is 20.7. The van der Waals surface area contributed by atoms with Crippen LogP contribution < -0.4 is 16.0 Å². The third-order valence-electron chi connectivity index (χ3n) is 6.43. The average molecular weight is 507 g/mol. The average Bonchev–Trinajstić information content (AvgIpc) is 3.54. The van der Waals surface area contributed by atoms with Crippen molar-refractivity contribution in [3.8, 4) is 5.75 Å². The molecule has 5 N–H and O–H groups in total. The van der Waals surface area contributed by atoms with E-state index in [1.54, 1.807) is 12.1 Å². The molecule has 0 radical (unpaired) electrons. The summed E-state index contributed by atoms with van der Waals surface area (Å²) in [4.78, 5) is 52.4. The summed E-state index contributed by atoms with van der Waals surface area (Å²) in [5.74, 6) is -1.55. The first-order valence-electron chi connectivity index (χ1n) is 11.9. The lowest BCUT2D eigenvalue weighted by atomic mass is 10.0. The standard InChI is InChI=1S/C24H34N4O6S/c1-35-13-10-18(23(32)28-12-3-5-20(28)24(33)34)26-22(31)19(14-15-6-8-16(29)9-7-15)27-21(30)17-4-2-11-25-17/h6-9,17-20,25,29H,2-5,10-14H2,1H3,(H,26,31)(H,27,30)(H,33,34). The lowest BCUT2D eigenvalue weighted by molar-refractivity contribution is -0.149. The number of rotatable bonds is 11. The predicted octanol–water partition coefficient (Wildman–Crippen LogP) is 0.485. The highest BCUT2D eigenvalue weighted by molar-refractivity contribution is 7.98. The van der Waals surface area contributed by atoms with E-state index in [2.05, 4.69) is 16.0 Å². The molecule has 3 rings (SSSR count). The van der Waals surface area contributed by atoms with Crippen LogP contribution in [0.3, 0.4) is 0 Å². The molecule has 1 aromatic carbocycles. The number of aromatic hydroxyl groups is 1. The quantitative estimate of drug-likeness (QED) is 0.291. The number of likely N-dealkylation sites (tertiary alicyclic amines) is 1. The minimum atomic E-state index is -1.05. The molecule has 0 saturated carbocycles. The summed E-state index contributed by atoms with van der Waals surface area (Å²) < 4.78 is 0. The second-order valence-corrected chi connectivity index (χ2v) is 9.94. The second-order valence-electron chi connectivity index (χ2n) is 8.95. The molecule has 0 bridgehead atoms. The van der Waals surface area contributed by atoms with Gasteiger partial charge in [-0.2, -0.15) is 11.8 Å². The highest BCUT2D eigenvalue weighted by Crippen LogP contribution is 2.20. The van der Waals surface area contributed by atoms with Gasteiger partial charge in [0, 0.05) is 13.0 Å². The molecule has 4 unspecified atom stereocenters.